The van der Waals surface area contributed by atoms with Crippen LogP contribution in [0.15, 0.2) is 22.7 Å². The van der Waals surface area contributed by atoms with Gasteiger partial charge in [0.1, 0.15) is 0 Å². The number of nitrogens with one attached hydrogen (secondary N) is 1. The second kappa shape index (κ2) is 6.59. The molecule has 1 unspecified atom stereocenters. The van der Waals surface area contributed by atoms with Crippen molar-refractivity contribution in [1.29, 1.82) is 0 Å². The van der Waals surface area contributed by atoms with E-state index in [2.05, 4.69) is 21.2 Å². The van der Waals surface area contributed by atoms with Gasteiger partial charge in [0.15, 0.2) is 0 Å². The van der Waals surface area contributed by atoms with Crippen molar-refractivity contribution in [3.05, 3.63) is 33.8 Å². The van der Waals surface area contributed by atoms with Gasteiger partial charge in [0.25, 0.3) is 5.91 Å². The summed E-state index contributed by atoms with van der Waals surface area (Å²) in [6.45, 7) is 3.86. The van der Waals surface area contributed by atoms with Crippen molar-refractivity contribution in [3.63, 3.8) is 0 Å². The lowest BCUT2D eigenvalue weighted by molar-refractivity contribution is 0.0724. The minimum Gasteiger partial charge on any atom is -0.387 e. The number of rotatable bonds is 5. The molecule has 1 amide bonds. The van der Waals surface area contributed by atoms with E-state index in [4.69, 9.17) is 0 Å². The summed E-state index contributed by atoms with van der Waals surface area (Å²) in [6, 6.07) is 5.57. The van der Waals surface area contributed by atoms with Crippen LogP contribution in [0.4, 0.5) is 0 Å². The van der Waals surface area contributed by atoms with Gasteiger partial charge < -0.3 is 10.4 Å². The molecule has 2 N–H and O–H groups in total. The Morgan fingerprint density at radius 1 is 1.56 bits per heavy atom. The van der Waals surface area contributed by atoms with E-state index in [1.165, 1.54) is 0 Å². The minimum atomic E-state index is -0.880. The van der Waals surface area contributed by atoms with Crippen LogP contribution in [-0.2, 0) is 0 Å². The van der Waals surface area contributed by atoms with Gasteiger partial charge in [-0.05, 0) is 37.8 Å². The summed E-state index contributed by atoms with van der Waals surface area (Å²) in [5, 5.41) is 12.8. The van der Waals surface area contributed by atoms with Crippen molar-refractivity contribution in [2.24, 2.45) is 0 Å². The van der Waals surface area contributed by atoms with Crippen LogP contribution >= 0.6 is 27.7 Å². The lowest BCUT2D eigenvalue weighted by Crippen LogP contribution is -2.42. The van der Waals surface area contributed by atoms with Crippen LogP contribution in [0.25, 0.3) is 0 Å². The molecule has 1 aromatic rings. The highest BCUT2D eigenvalue weighted by atomic mass is 79.9. The van der Waals surface area contributed by atoms with Crippen LogP contribution in [0, 0.1) is 6.92 Å². The van der Waals surface area contributed by atoms with Crippen molar-refractivity contribution in [1.82, 2.24) is 5.32 Å². The Kier molecular flexibility index (Phi) is 5.69. The van der Waals surface area contributed by atoms with Crippen molar-refractivity contribution >= 4 is 33.6 Å². The number of aliphatic hydroxyl groups is 1. The van der Waals surface area contributed by atoms with Gasteiger partial charge in [0.05, 0.1) is 5.60 Å². The van der Waals surface area contributed by atoms with Gasteiger partial charge in [-0.1, -0.05) is 22.0 Å². The monoisotopic (exact) mass is 331 g/mol. The molecule has 3 nitrogen and oxygen atoms in total. The fourth-order valence-corrected chi connectivity index (χ4v) is 2.65. The molecule has 0 heterocycles. The maximum atomic E-state index is 12.0. The van der Waals surface area contributed by atoms with Crippen LogP contribution < -0.4 is 5.32 Å². The van der Waals surface area contributed by atoms with E-state index in [9.17, 15) is 9.90 Å². The molecule has 5 heteroatoms. The van der Waals surface area contributed by atoms with Gasteiger partial charge in [-0.3, -0.25) is 4.79 Å². The second-order valence-corrected chi connectivity index (χ2v) is 6.35. The summed E-state index contributed by atoms with van der Waals surface area (Å²) >= 11 is 4.90. The largest absolute Gasteiger partial charge is 0.387 e. The number of thioether (sulfide) groups is 1. The standard InChI is InChI=1S/C13H18BrNO2S/c1-9-4-5-10(14)6-11(9)12(16)15-7-13(2,17)8-18-3/h4-6,17H,7-8H2,1-3H3,(H,15,16). The highest BCUT2D eigenvalue weighted by molar-refractivity contribution is 9.10. The van der Waals surface area contributed by atoms with E-state index in [0.29, 0.717) is 11.3 Å². The molecule has 18 heavy (non-hydrogen) atoms. The van der Waals surface area contributed by atoms with Gasteiger partial charge in [0, 0.05) is 22.3 Å². The summed E-state index contributed by atoms with van der Waals surface area (Å²) in [5.41, 5.74) is 0.666. The third-order valence-electron chi connectivity index (χ3n) is 2.53. The molecule has 0 aliphatic rings. The number of hydrogen-bond acceptors (Lipinski definition) is 3. The zero-order valence-corrected chi connectivity index (χ0v) is 13.2. The number of aryl methyl sites for hydroxylation is 1. The number of amides is 1. The highest BCUT2D eigenvalue weighted by Crippen LogP contribution is 2.16. The number of carbonyl (C=O) groups excluding carboxylic acids is 1. The quantitative estimate of drug-likeness (QED) is 0.871. The van der Waals surface area contributed by atoms with Crippen LogP contribution in [0.1, 0.15) is 22.8 Å². The molecule has 0 aromatic heterocycles. The van der Waals surface area contributed by atoms with E-state index in [1.54, 1.807) is 24.8 Å². The maximum absolute atomic E-state index is 12.0. The molecular weight excluding hydrogens is 314 g/mol. The molecule has 1 atom stereocenters. The fourth-order valence-electron chi connectivity index (χ4n) is 1.57. The lowest BCUT2D eigenvalue weighted by Gasteiger charge is -2.22. The predicted molar refractivity (Wildman–Crippen MR) is 80.2 cm³/mol. The Bertz CT molecular complexity index is 435. The van der Waals surface area contributed by atoms with Crippen molar-refractivity contribution in [2.75, 3.05) is 18.6 Å². The molecule has 0 aliphatic carbocycles. The van der Waals surface area contributed by atoms with Crippen LogP contribution in [0.2, 0.25) is 0 Å². The highest BCUT2D eigenvalue weighted by Gasteiger charge is 2.21. The van der Waals surface area contributed by atoms with Crippen molar-refractivity contribution < 1.29 is 9.90 Å². The number of halogens is 1. The molecule has 0 fully saturated rings. The minimum absolute atomic E-state index is 0.157. The summed E-state index contributed by atoms with van der Waals surface area (Å²) < 4.78 is 0.870. The molecule has 0 aliphatic heterocycles. The van der Waals surface area contributed by atoms with Gasteiger partial charge in [-0.25, -0.2) is 0 Å². The van der Waals surface area contributed by atoms with Crippen molar-refractivity contribution in [2.45, 2.75) is 19.4 Å². The Labute approximate surface area is 120 Å². The summed E-state index contributed by atoms with van der Waals surface area (Å²) in [7, 11) is 0. The fraction of sp³-hybridized carbons (Fsp3) is 0.462. The summed E-state index contributed by atoms with van der Waals surface area (Å²) in [6.07, 6.45) is 1.93. The molecule has 1 rings (SSSR count). The molecule has 1 aromatic carbocycles. The summed E-state index contributed by atoms with van der Waals surface area (Å²) in [5.74, 6) is 0.431. The van der Waals surface area contributed by atoms with E-state index < -0.39 is 5.60 Å². The van der Waals surface area contributed by atoms with Gasteiger partial charge >= 0.3 is 0 Å². The number of carbonyl (C=O) groups is 1. The molecule has 0 saturated heterocycles. The van der Waals surface area contributed by atoms with Gasteiger partial charge in [-0.2, -0.15) is 11.8 Å². The topological polar surface area (TPSA) is 49.3 Å². The first-order valence-corrected chi connectivity index (χ1v) is 7.80. The first kappa shape index (κ1) is 15.5. The Balaban J connectivity index is 2.69. The Morgan fingerprint density at radius 3 is 2.83 bits per heavy atom. The SMILES string of the molecule is CSCC(C)(O)CNC(=O)c1cc(Br)ccc1C. The van der Waals surface area contributed by atoms with Crippen LogP contribution in [0.5, 0.6) is 0 Å². The summed E-state index contributed by atoms with van der Waals surface area (Å²) in [4.78, 5) is 12.0. The zero-order valence-electron chi connectivity index (χ0n) is 10.8. The van der Waals surface area contributed by atoms with E-state index >= 15 is 0 Å². The first-order valence-electron chi connectivity index (χ1n) is 5.61. The molecule has 0 spiro atoms. The lowest BCUT2D eigenvalue weighted by atomic mass is 10.1. The van der Waals surface area contributed by atoms with E-state index in [-0.39, 0.29) is 12.5 Å². The average molecular weight is 332 g/mol. The number of hydrogen-bond donors (Lipinski definition) is 2. The smallest absolute Gasteiger partial charge is 0.251 e. The first-order chi connectivity index (χ1) is 8.35. The molecule has 0 radical (unpaired) electrons. The van der Waals surface area contributed by atoms with Crippen LogP contribution in [0.3, 0.4) is 0 Å². The second-order valence-electron chi connectivity index (χ2n) is 4.57. The average Bonchev–Trinajstić information content (AvgIpc) is 2.29. The van der Waals surface area contributed by atoms with Crippen LogP contribution in [-0.4, -0.2) is 35.2 Å². The van der Waals surface area contributed by atoms with Gasteiger partial charge in [-0.15, -0.1) is 0 Å². The van der Waals surface area contributed by atoms with Crippen molar-refractivity contribution in [3.8, 4) is 0 Å². The molecule has 100 valence electrons. The Hall–Kier alpha value is -0.520. The van der Waals surface area contributed by atoms with E-state index in [1.807, 2.05) is 25.3 Å². The Morgan fingerprint density at radius 2 is 2.22 bits per heavy atom. The zero-order chi connectivity index (χ0) is 13.8. The predicted octanol–water partition coefficient (Wildman–Crippen LogP) is 2.60. The molecule has 0 bridgehead atoms. The van der Waals surface area contributed by atoms with E-state index in [0.717, 1.165) is 10.0 Å². The third-order valence-corrected chi connectivity index (χ3v) is 3.93. The third kappa shape index (κ3) is 4.63. The molecule has 0 saturated carbocycles. The molecular formula is C13H18BrNO2S. The normalized spacial score (nSPS) is 14.1. The van der Waals surface area contributed by atoms with Gasteiger partial charge in [0.2, 0.25) is 0 Å². The maximum Gasteiger partial charge on any atom is 0.251 e. The number of benzene rings is 1.